The normalized spacial score (nSPS) is 23.5. The third-order valence-electron chi connectivity index (χ3n) is 8.95. The van der Waals surface area contributed by atoms with E-state index in [1.54, 1.807) is 0 Å². The Morgan fingerprint density at radius 2 is 1.34 bits per heavy atom. The maximum absolute atomic E-state index is 5.01. The Hall–Kier alpha value is -2.15. The van der Waals surface area contributed by atoms with Gasteiger partial charge in [0, 0.05) is 31.6 Å². The maximum atomic E-state index is 5.01. The molecule has 3 aliphatic rings. The third kappa shape index (κ3) is 12.3. The monoisotopic (exact) mass is 562 g/mol. The highest BCUT2D eigenvalue weighted by Crippen LogP contribution is 2.18. The van der Waals surface area contributed by atoms with Crippen molar-refractivity contribution < 1.29 is 0 Å². The van der Waals surface area contributed by atoms with Crippen molar-refractivity contribution in [3.63, 3.8) is 0 Å². The average molecular weight is 563 g/mol. The Morgan fingerprint density at radius 3 is 2.00 bits per heavy atom. The van der Waals surface area contributed by atoms with Crippen LogP contribution >= 0.6 is 0 Å². The standard InChI is InChI=1S/C35H58N6/c1-28-15-20-34(41-35(29(2)25-28)39-24-10-23-38-33-13-7-4-8-14-33)40-27-31-18-16-30(17-19-31)26-36-21-9-22-37-32-11-5-3-6-12-32/h16-19,25,32-33,36-39H,3-15,20-24,26-27H2,1-2H3,(H,40,41)/b28-25-,35-29-. The molecule has 1 aromatic carbocycles. The van der Waals surface area contributed by atoms with Crippen molar-refractivity contribution in [2.24, 2.45) is 4.99 Å². The van der Waals surface area contributed by atoms with Crippen LogP contribution in [0.25, 0.3) is 0 Å². The Labute approximate surface area is 250 Å². The van der Waals surface area contributed by atoms with Crippen LogP contribution in [0.15, 0.2) is 52.3 Å². The summed E-state index contributed by atoms with van der Waals surface area (Å²) in [7, 11) is 0. The number of nitrogens with zero attached hydrogens (tertiary/aromatic N) is 1. The van der Waals surface area contributed by atoms with Gasteiger partial charge in [0.1, 0.15) is 11.7 Å². The van der Waals surface area contributed by atoms with E-state index in [4.69, 9.17) is 4.99 Å². The van der Waals surface area contributed by atoms with Crippen molar-refractivity contribution in [1.29, 1.82) is 0 Å². The summed E-state index contributed by atoms with van der Waals surface area (Å²) < 4.78 is 0. The summed E-state index contributed by atoms with van der Waals surface area (Å²) in [5.74, 6) is 2.18. The van der Waals surface area contributed by atoms with Crippen molar-refractivity contribution in [3.05, 3.63) is 58.4 Å². The van der Waals surface area contributed by atoms with Crippen molar-refractivity contribution in [1.82, 2.24) is 26.6 Å². The average Bonchev–Trinajstić information content (AvgIpc) is 3.00. The SMILES string of the molecule is C/C1=C/C(C)=C(/NCCCNC2CCCCC2)NC(=NCc2ccc(CNCCCNC3CCCCC3)cc2)CC1. The molecule has 0 atom stereocenters. The molecule has 0 aromatic heterocycles. The molecule has 1 aliphatic heterocycles. The highest BCUT2D eigenvalue weighted by atomic mass is 15.1. The maximum Gasteiger partial charge on any atom is 0.107 e. The number of benzene rings is 1. The number of aliphatic imine (C=N–C) groups is 1. The van der Waals surface area contributed by atoms with Crippen molar-refractivity contribution >= 4 is 5.84 Å². The second kappa shape index (κ2) is 18.4. The summed E-state index contributed by atoms with van der Waals surface area (Å²) in [6.45, 7) is 10.3. The van der Waals surface area contributed by atoms with Crippen molar-refractivity contribution in [3.8, 4) is 0 Å². The van der Waals surface area contributed by atoms with Gasteiger partial charge in [-0.1, -0.05) is 74.4 Å². The van der Waals surface area contributed by atoms with Crippen molar-refractivity contribution in [2.45, 2.75) is 129 Å². The largest absolute Gasteiger partial charge is 0.371 e. The quantitative estimate of drug-likeness (QED) is 0.159. The van der Waals surface area contributed by atoms with E-state index in [0.717, 1.165) is 75.7 Å². The fourth-order valence-electron chi connectivity index (χ4n) is 6.36. The molecule has 41 heavy (non-hydrogen) atoms. The van der Waals surface area contributed by atoms with Gasteiger partial charge in [-0.05, 0) is 95.1 Å². The zero-order valence-corrected chi connectivity index (χ0v) is 26.1. The lowest BCUT2D eigenvalue weighted by Gasteiger charge is -2.23. The van der Waals surface area contributed by atoms with Gasteiger partial charge >= 0.3 is 0 Å². The van der Waals surface area contributed by atoms with Crippen LogP contribution in [-0.4, -0.2) is 44.1 Å². The first kappa shape index (κ1) is 31.8. The summed E-state index contributed by atoms with van der Waals surface area (Å²) in [4.78, 5) is 5.01. The van der Waals surface area contributed by atoms with Crippen LogP contribution in [0.1, 0.15) is 115 Å². The number of allylic oxidation sites excluding steroid dienone is 3. The molecular formula is C35H58N6. The van der Waals surface area contributed by atoms with E-state index in [0.29, 0.717) is 6.54 Å². The predicted molar refractivity (Wildman–Crippen MR) is 175 cm³/mol. The van der Waals surface area contributed by atoms with Gasteiger partial charge in [-0.15, -0.1) is 0 Å². The number of rotatable bonds is 15. The van der Waals surface area contributed by atoms with Crippen LogP contribution in [-0.2, 0) is 13.1 Å². The lowest BCUT2D eigenvalue weighted by molar-refractivity contribution is 0.371. The van der Waals surface area contributed by atoms with E-state index >= 15 is 0 Å². The van der Waals surface area contributed by atoms with E-state index in [1.165, 1.54) is 92.9 Å². The molecule has 0 unspecified atom stereocenters. The molecule has 5 N–H and O–H groups in total. The van der Waals surface area contributed by atoms with Crippen LogP contribution < -0.4 is 26.6 Å². The highest BCUT2D eigenvalue weighted by molar-refractivity contribution is 5.84. The molecule has 2 saturated carbocycles. The molecule has 4 rings (SSSR count). The second-order valence-corrected chi connectivity index (χ2v) is 12.6. The molecule has 0 spiro atoms. The van der Waals surface area contributed by atoms with Gasteiger partial charge in [-0.3, -0.25) is 4.99 Å². The van der Waals surface area contributed by atoms with E-state index in [9.17, 15) is 0 Å². The van der Waals surface area contributed by atoms with Gasteiger partial charge < -0.3 is 26.6 Å². The summed E-state index contributed by atoms with van der Waals surface area (Å²) in [5.41, 5.74) is 5.28. The minimum absolute atomic E-state index is 0.712. The molecule has 1 heterocycles. The van der Waals surface area contributed by atoms with Crippen LogP contribution in [0.3, 0.4) is 0 Å². The zero-order valence-electron chi connectivity index (χ0n) is 26.1. The Morgan fingerprint density at radius 1 is 0.732 bits per heavy atom. The number of hydrogen-bond donors (Lipinski definition) is 5. The molecule has 0 amide bonds. The zero-order chi connectivity index (χ0) is 28.5. The minimum Gasteiger partial charge on any atom is -0.371 e. The highest BCUT2D eigenvalue weighted by Gasteiger charge is 2.13. The molecular weight excluding hydrogens is 504 g/mol. The Kier molecular flexibility index (Phi) is 14.3. The van der Waals surface area contributed by atoms with E-state index < -0.39 is 0 Å². The van der Waals surface area contributed by atoms with Gasteiger partial charge in [0.15, 0.2) is 0 Å². The third-order valence-corrected chi connectivity index (χ3v) is 8.95. The fourth-order valence-corrected chi connectivity index (χ4v) is 6.36. The van der Waals surface area contributed by atoms with E-state index in [2.05, 4.69) is 70.8 Å². The summed E-state index contributed by atoms with van der Waals surface area (Å²) >= 11 is 0. The lowest BCUT2D eigenvalue weighted by Crippen LogP contribution is -2.36. The van der Waals surface area contributed by atoms with Crippen LogP contribution in [0.4, 0.5) is 0 Å². The summed E-state index contributed by atoms with van der Waals surface area (Å²) in [6.07, 6.45) is 20.5. The molecule has 6 heteroatoms. The smallest absolute Gasteiger partial charge is 0.107 e. The topological polar surface area (TPSA) is 72.5 Å². The fraction of sp³-hybridized carbons (Fsp3) is 0.686. The first-order valence-electron chi connectivity index (χ1n) is 16.8. The molecule has 228 valence electrons. The Bertz CT molecular complexity index is 967. The van der Waals surface area contributed by atoms with Crippen LogP contribution in [0.5, 0.6) is 0 Å². The van der Waals surface area contributed by atoms with E-state index in [1.807, 2.05) is 0 Å². The number of hydrogen-bond acceptors (Lipinski definition) is 5. The predicted octanol–water partition coefficient (Wildman–Crippen LogP) is 6.45. The molecule has 0 saturated heterocycles. The van der Waals surface area contributed by atoms with Crippen molar-refractivity contribution in [2.75, 3.05) is 26.2 Å². The molecule has 6 nitrogen and oxygen atoms in total. The molecule has 0 radical (unpaired) electrons. The van der Waals surface area contributed by atoms with E-state index in [-0.39, 0.29) is 0 Å². The molecule has 1 aromatic rings. The summed E-state index contributed by atoms with van der Waals surface area (Å²) in [5, 5.41) is 18.4. The second-order valence-electron chi connectivity index (χ2n) is 12.6. The lowest BCUT2D eigenvalue weighted by atomic mass is 9.95. The molecule has 0 bridgehead atoms. The Balaban J connectivity index is 1.16. The molecule has 2 aliphatic carbocycles. The summed E-state index contributed by atoms with van der Waals surface area (Å²) in [6, 6.07) is 10.5. The van der Waals surface area contributed by atoms with Crippen LogP contribution in [0.2, 0.25) is 0 Å². The van der Waals surface area contributed by atoms with Gasteiger partial charge in [0.25, 0.3) is 0 Å². The van der Waals surface area contributed by atoms with Gasteiger partial charge in [-0.25, -0.2) is 0 Å². The first-order valence-corrected chi connectivity index (χ1v) is 16.8. The van der Waals surface area contributed by atoms with Gasteiger partial charge in [-0.2, -0.15) is 0 Å². The number of nitrogens with one attached hydrogen (secondary N) is 5. The van der Waals surface area contributed by atoms with Gasteiger partial charge in [0.2, 0.25) is 0 Å². The first-order chi connectivity index (χ1) is 20.2. The molecule has 2 fully saturated rings. The van der Waals surface area contributed by atoms with Crippen LogP contribution in [0, 0.1) is 0 Å². The number of amidine groups is 1. The van der Waals surface area contributed by atoms with Gasteiger partial charge in [0.05, 0.1) is 6.54 Å². The minimum atomic E-state index is 0.712.